The number of nitrogens with one attached hydrogen (secondary N) is 1. The van der Waals surface area contributed by atoms with Crippen molar-refractivity contribution in [2.75, 3.05) is 43.0 Å². The number of aromatic nitrogens is 6. The first-order valence-electron chi connectivity index (χ1n) is 19.5. The molecule has 15 heteroatoms. The van der Waals surface area contributed by atoms with E-state index < -0.39 is 21.7 Å². The number of hydrogen-bond acceptors (Lipinski definition) is 11. The number of nitrogens with zero attached hydrogens (tertiary/aromatic N) is 9. The van der Waals surface area contributed by atoms with E-state index in [2.05, 4.69) is 41.7 Å². The van der Waals surface area contributed by atoms with Crippen molar-refractivity contribution >= 4 is 49.0 Å². The van der Waals surface area contributed by atoms with E-state index >= 15 is 8.78 Å². The molecule has 58 heavy (non-hydrogen) atoms. The topological polar surface area (TPSA) is 125 Å². The van der Waals surface area contributed by atoms with Crippen LogP contribution in [-0.2, 0) is 16.6 Å². The highest BCUT2D eigenvalue weighted by atomic mass is 32.2. The number of likely N-dealkylation sites (N-methyl/N-ethyl adjacent to an activating group) is 1. The molecule has 4 aliphatic rings. The molecule has 1 saturated carbocycles. The largest absolute Gasteiger partial charge is 0.353 e. The Kier molecular flexibility index (Phi) is 9.52. The molecular formula is C43H48F2N10O2S. The van der Waals surface area contributed by atoms with E-state index in [0.717, 1.165) is 53.8 Å². The van der Waals surface area contributed by atoms with Crippen molar-refractivity contribution < 1.29 is 18.6 Å². The molecule has 0 radical (unpaired) electrons. The second-order valence-corrected chi connectivity index (χ2v) is 17.8. The third-order valence-electron chi connectivity index (χ3n) is 11.9. The molecule has 12 nitrogen and oxygen atoms in total. The summed E-state index contributed by atoms with van der Waals surface area (Å²) in [4.78, 5) is 25.5. The normalized spacial score (nSPS) is 19.5. The summed E-state index contributed by atoms with van der Waals surface area (Å²) < 4.78 is 59.7. The number of halogens is 2. The molecular weight excluding hydrogens is 759 g/mol. The van der Waals surface area contributed by atoms with Gasteiger partial charge < -0.3 is 15.1 Å². The van der Waals surface area contributed by atoms with Crippen molar-refractivity contribution in [1.82, 2.24) is 39.3 Å². The summed E-state index contributed by atoms with van der Waals surface area (Å²) in [6, 6.07) is 16.3. The van der Waals surface area contributed by atoms with Crippen LogP contribution in [0.5, 0.6) is 0 Å². The van der Waals surface area contributed by atoms with Crippen LogP contribution in [0, 0.1) is 11.6 Å². The van der Waals surface area contributed by atoms with Crippen molar-refractivity contribution in [2.45, 2.75) is 75.5 Å². The molecule has 0 amide bonds. The fourth-order valence-corrected chi connectivity index (χ4v) is 9.69. The van der Waals surface area contributed by atoms with E-state index in [1.165, 1.54) is 12.4 Å². The first-order valence-corrected chi connectivity index (χ1v) is 20.9. The zero-order chi connectivity index (χ0) is 39.2. The summed E-state index contributed by atoms with van der Waals surface area (Å²) in [6.45, 7) is 9.12. The van der Waals surface area contributed by atoms with Crippen LogP contribution >= 0.6 is 0 Å². The van der Waals surface area contributed by atoms with Gasteiger partial charge in [0.25, 0.3) is 10.0 Å². The predicted octanol–water partition coefficient (Wildman–Crippen LogP) is 7.01. The van der Waals surface area contributed by atoms with Crippen molar-refractivity contribution in [1.29, 1.82) is 0 Å². The molecule has 0 spiro atoms. The van der Waals surface area contributed by atoms with Gasteiger partial charge in [0.15, 0.2) is 11.6 Å². The number of fused-ring (bicyclic) bond motifs is 4. The van der Waals surface area contributed by atoms with Gasteiger partial charge in [-0.2, -0.15) is 13.4 Å². The van der Waals surface area contributed by atoms with Gasteiger partial charge >= 0.3 is 0 Å². The Morgan fingerprint density at radius 1 is 0.948 bits per heavy atom. The highest BCUT2D eigenvalue weighted by molar-refractivity contribution is 7.89. The first-order chi connectivity index (χ1) is 27.5. The van der Waals surface area contributed by atoms with Gasteiger partial charge in [-0.1, -0.05) is 50.4 Å². The third kappa shape index (κ3) is 6.58. The molecule has 3 aromatic carbocycles. The molecule has 4 fully saturated rings. The summed E-state index contributed by atoms with van der Waals surface area (Å²) in [7, 11) is -1.80. The Morgan fingerprint density at radius 2 is 1.69 bits per heavy atom. The number of hydrogen-bond donors (Lipinski definition) is 1. The third-order valence-corrected chi connectivity index (χ3v) is 13.5. The second-order valence-electron chi connectivity index (χ2n) is 16.1. The summed E-state index contributed by atoms with van der Waals surface area (Å²) in [5.41, 5.74) is 2.60. The lowest BCUT2D eigenvalue weighted by Gasteiger charge is -2.44. The Hall–Kier alpha value is -5.38. The molecule has 3 aromatic heterocycles. The van der Waals surface area contributed by atoms with Crippen LogP contribution in [0.3, 0.4) is 0 Å². The van der Waals surface area contributed by atoms with Crippen LogP contribution in [0.1, 0.15) is 64.3 Å². The summed E-state index contributed by atoms with van der Waals surface area (Å²) >= 11 is 0. The van der Waals surface area contributed by atoms with Crippen LogP contribution in [0.15, 0.2) is 78.6 Å². The smallest absolute Gasteiger partial charge is 0.284 e. The first kappa shape index (κ1) is 38.2. The van der Waals surface area contributed by atoms with Crippen molar-refractivity contribution in [3.05, 3.63) is 102 Å². The zero-order valence-corrected chi connectivity index (χ0v) is 32.6. The summed E-state index contributed by atoms with van der Waals surface area (Å²) in [6.07, 6.45) is 7.08. The molecule has 2 bridgehead atoms. The van der Waals surface area contributed by atoms with Gasteiger partial charge in [-0.25, -0.2) is 18.7 Å². The maximum Gasteiger partial charge on any atom is 0.284 e. The second kappa shape index (κ2) is 14.5. The van der Waals surface area contributed by atoms with Gasteiger partial charge in [-0.3, -0.25) is 9.88 Å². The minimum atomic E-state index is -3.83. The Labute approximate surface area is 338 Å². The minimum Gasteiger partial charge on any atom is -0.353 e. The zero-order valence-electron chi connectivity index (χ0n) is 31.7. The van der Waals surface area contributed by atoms with E-state index in [1.54, 1.807) is 37.4 Å². The van der Waals surface area contributed by atoms with Crippen molar-refractivity contribution in [3.8, 4) is 11.3 Å². The Bertz CT molecular complexity index is 2690. The fraction of sp³-hybridized carbons (Fsp3) is 0.372. The number of benzene rings is 3. The number of pyridine rings is 1. The molecule has 2 unspecified atom stereocenters. The number of piperazine rings is 1. The van der Waals surface area contributed by atoms with Crippen LogP contribution in [0.2, 0.25) is 0 Å². The standard InChI is InChI=1S/C42H42F2N10O2S.CH4.H2/c1-24(2)35-34(43)16-11-26-5-4-6-32(36(26)35)38-37(44)39-33(17-45-38)41(52-19-28-12-13-29(20-52)47-28)49-42(48-39)53-21-30(22-53)51(3)18-25-7-14-31(15-8-25)57(55,56)54-23-46-40(50-54)27-9-10-27;;/h4-8,11,14-17,23,27-30,47H,1,9-10,12-13,18-22H2,2-3H3;1H4;1H. The van der Waals surface area contributed by atoms with Crippen LogP contribution in [0.25, 0.3) is 38.5 Å². The minimum absolute atomic E-state index is 0. The Balaban J connectivity index is 0.00000242. The lowest BCUT2D eigenvalue weighted by atomic mass is 9.93. The SMILES string of the molecule is C.C=C(C)c1c(F)ccc2cccc(-c3ncc4c(N5CC6CCC(C5)N6)nc(N5CC(N(C)Cc6ccc(S(=O)(=O)n7cnc(C8CC8)n7)cc6)C5)nc4c3F)c12.[HH]. The van der Waals surface area contributed by atoms with E-state index in [1.807, 2.05) is 31.3 Å². The van der Waals surface area contributed by atoms with E-state index in [4.69, 9.17) is 9.97 Å². The lowest BCUT2D eigenvalue weighted by molar-refractivity contribution is 0.196. The van der Waals surface area contributed by atoms with E-state index in [0.29, 0.717) is 76.8 Å². The van der Waals surface area contributed by atoms with Gasteiger partial charge in [-0.05, 0) is 74.4 Å². The van der Waals surface area contributed by atoms with Gasteiger partial charge in [0, 0.05) is 80.9 Å². The van der Waals surface area contributed by atoms with Crippen LogP contribution in [-0.4, -0.2) is 93.8 Å². The van der Waals surface area contributed by atoms with Crippen LogP contribution < -0.4 is 15.1 Å². The summed E-state index contributed by atoms with van der Waals surface area (Å²) in [5.74, 6) is 0.955. The quantitative estimate of drug-likeness (QED) is 0.154. The molecule has 1 N–H and O–H groups in total. The highest BCUT2D eigenvalue weighted by Gasteiger charge is 2.37. The lowest BCUT2D eigenvalue weighted by Crippen LogP contribution is -2.59. The number of rotatable bonds is 10. The van der Waals surface area contributed by atoms with Gasteiger partial charge in [0.1, 0.15) is 29.2 Å². The van der Waals surface area contributed by atoms with Crippen molar-refractivity contribution in [2.24, 2.45) is 0 Å². The molecule has 3 saturated heterocycles. The van der Waals surface area contributed by atoms with Crippen LogP contribution in [0.4, 0.5) is 20.5 Å². The highest BCUT2D eigenvalue weighted by Crippen LogP contribution is 2.40. The monoisotopic (exact) mass is 806 g/mol. The Morgan fingerprint density at radius 3 is 2.40 bits per heavy atom. The maximum absolute atomic E-state index is 17.1. The molecule has 10 rings (SSSR count). The van der Waals surface area contributed by atoms with Gasteiger partial charge in [-0.15, -0.1) is 9.19 Å². The van der Waals surface area contributed by atoms with Crippen molar-refractivity contribution in [3.63, 3.8) is 0 Å². The maximum atomic E-state index is 17.1. The summed E-state index contributed by atoms with van der Waals surface area (Å²) in [5, 5.41) is 9.76. The fourth-order valence-electron chi connectivity index (χ4n) is 8.63. The molecule has 302 valence electrons. The van der Waals surface area contributed by atoms with Gasteiger partial charge in [0.05, 0.1) is 10.3 Å². The number of allylic oxidation sites excluding steroid dienone is 1. The average Bonchev–Trinajstić information content (AvgIpc) is 3.80. The van der Waals surface area contributed by atoms with E-state index in [9.17, 15) is 8.42 Å². The van der Waals surface area contributed by atoms with Gasteiger partial charge in [0.2, 0.25) is 5.95 Å². The molecule has 3 aliphatic heterocycles. The molecule has 6 aromatic rings. The average molecular weight is 807 g/mol. The number of anilines is 2. The van der Waals surface area contributed by atoms with E-state index in [-0.39, 0.29) is 36.9 Å². The molecule has 2 atom stereocenters. The molecule has 1 aliphatic carbocycles. The predicted molar refractivity (Wildman–Crippen MR) is 224 cm³/mol. The molecule has 6 heterocycles.